The molecule has 1 aromatic rings. The molecule has 2 fully saturated rings. The maximum atomic E-state index is 12.7. The smallest absolute Gasteiger partial charge is 0.456 e. The van der Waals surface area contributed by atoms with E-state index in [-0.39, 0.29) is 43.9 Å². The zero-order valence-electron chi connectivity index (χ0n) is 24.1. The molecule has 10 heteroatoms. The van der Waals surface area contributed by atoms with Gasteiger partial charge in [-0.25, -0.2) is 0 Å². The molecular formula is C28H45BO9. The van der Waals surface area contributed by atoms with E-state index in [0.29, 0.717) is 19.6 Å². The van der Waals surface area contributed by atoms with Crippen LogP contribution in [-0.4, -0.2) is 78.3 Å². The van der Waals surface area contributed by atoms with Crippen LogP contribution >= 0.6 is 0 Å². The van der Waals surface area contributed by atoms with E-state index in [1.165, 1.54) is 0 Å². The second-order valence-corrected chi connectivity index (χ2v) is 10.9. The number of methoxy groups -OCH3 is 3. The molecule has 0 saturated carbocycles. The van der Waals surface area contributed by atoms with Crippen molar-refractivity contribution in [1.29, 1.82) is 0 Å². The van der Waals surface area contributed by atoms with Gasteiger partial charge in [-0.15, -0.1) is 0 Å². The van der Waals surface area contributed by atoms with Crippen LogP contribution in [0, 0.1) is 17.3 Å². The zero-order chi connectivity index (χ0) is 27.9. The van der Waals surface area contributed by atoms with Gasteiger partial charge in [0.15, 0.2) is 6.10 Å². The molecule has 214 valence electrons. The molecule has 0 spiro atoms. The van der Waals surface area contributed by atoms with Crippen LogP contribution in [0.3, 0.4) is 0 Å². The molecular weight excluding hydrogens is 491 g/mol. The van der Waals surface area contributed by atoms with Crippen LogP contribution in [-0.2, 0) is 44.4 Å². The Labute approximate surface area is 227 Å². The summed E-state index contributed by atoms with van der Waals surface area (Å²) in [5, 5.41) is 0. The molecule has 3 unspecified atom stereocenters. The number of benzene rings is 1. The predicted octanol–water partition coefficient (Wildman–Crippen LogP) is 4.12. The molecule has 0 radical (unpaired) electrons. The largest absolute Gasteiger partial charge is 0.497 e. The summed E-state index contributed by atoms with van der Waals surface area (Å²) in [4.78, 5) is 12.7. The van der Waals surface area contributed by atoms with E-state index in [1.807, 2.05) is 45.0 Å². The Morgan fingerprint density at radius 2 is 1.79 bits per heavy atom. The molecule has 38 heavy (non-hydrogen) atoms. The van der Waals surface area contributed by atoms with Crippen LogP contribution in [0.15, 0.2) is 24.3 Å². The normalized spacial score (nSPS) is 28.7. The Morgan fingerprint density at radius 3 is 2.39 bits per heavy atom. The monoisotopic (exact) mass is 536 g/mol. The van der Waals surface area contributed by atoms with Crippen LogP contribution in [0.4, 0.5) is 0 Å². The van der Waals surface area contributed by atoms with Crippen LogP contribution < -0.4 is 4.74 Å². The second kappa shape index (κ2) is 14.1. The van der Waals surface area contributed by atoms with E-state index in [0.717, 1.165) is 17.6 Å². The predicted molar refractivity (Wildman–Crippen MR) is 143 cm³/mol. The molecule has 2 aliphatic rings. The fourth-order valence-electron chi connectivity index (χ4n) is 5.33. The average molecular weight is 536 g/mol. The number of rotatable bonds is 14. The first kappa shape index (κ1) is 30.9. The second-order valence-electron chi connectivity index (χ2n) is 10.9. The lowest BCUT2D eigenvalue weighted by Crippen LogP contribution is -2.53. The van der Waals surface area contributed by atoms with Crippen molar-refractivity contribution in [1.82, 2.24) is 0 Å². The number of hydrogen-bond acceptors (Lipinski definition) is 9. The fourth-order valence-corrected chi connectivity index (χ4v) is 5.33. The molecule has 2 heterocycles. The molecule has 1 aromatic carbocycles. The molecule has 3 rings (SSSR count). The van der Waals surface area contributed by atoms with E-state index in [9.17, 15) is 4.79 Å². The molecule has 0 bridgehead atoms. The maximum Gasteiger partial charge on any atom is 0.456 e. The summed E-state index contributed by atoms with van der Waals surface area (Å²) in [6.07, 6.45) is -0.435. The quantitative estimate of drug-likeness (QED) is 0.198. The molecule has 0 aromatic heterocycles. The van der Waals surface area contributed by atoms with Gasteiger partial charge in [-0.3, -0.25) is 4.79 Å². The van der Waals surface area contributed by atoms with Crippen molar-refractivity contribution in [3.8, 4) is 5.75 Å². The van der Waals surface area contributed by atoms with Gasteiger partial charge >= 0.3 is 13.1 Å². The van der Waals surface area contributed by atoms with Gasteiger partial charge in [0.1, 0.15) is 18.6 Å². The lowest BCUT2D eigenvalue weighted by molar-refractivity contribution is -0.158. The maximum absolute atomic E-state index is 12.7. The summed E-state index contributed by atoms with van der Waals surface area (Å²) in [7, 11) is 4.51. The number of ether oxygens (including phenoxy) is 6. The van der Waals surface area contributed by atoms with Crippen LogP contribution in [0.25, 0.3) is 0 Å². The number of cyclic esters (lactones) is 1. The first-order valence-electron chi connectivity index (χ1n) is 13.5. The summed E-state index contributed by atoms with van der Waals surface area (Å²) in [6, 6.07) is 7.88. The summed E-state index contributed by atoms with van der Waals surface area (Å²) < 4.78 is 46.7. The summed E-state index contributed by atoms with van der Waals surface area (Å²) in [6.45, 7) is 11.1. The lowest BCUT2D eigenvalue weighted by Gasteiger charge is -2.43. The van der Waals surface area contributed by atoms with Gasteiger partial charge in [-0.1, -0.05) is 32.9 Å². The van der Waals surface area contributed by atoms with Gasteiger partial charge in [-0.05, 0) is 37.9 Å². The van der Waals surface area contributed by atoms with Gasteiger partial charge < -0.3 is 37.7 Å². The molecule has 0 N–H and O–H groups in total. The van der Waals surface area contributed by atoms with Crippen molar-refractivity contribution in [3.63, 3.8) is 0 Å². The van der Waals surface area contributed by atoms with Crippen LogP contribution in [0.5, 0.6) is 5.75 Å². The third-order valence-electron chi connectivity index (χ3n) is 7.72. The zero-order valence-corrected chi connectivity index (χ0v) is 24.1. The SMILES string of the molecule is CCB1OC(C[C@H](OC)[C@H]2OC(=O)C(C)(C)[C@H]2OCOC)C(C)C([C@H](C)COCc2ccc(OC)cc2)O1. The molecule has 2 saturated heterocycles. The minimum absolute atomic E-state index is 0.0600. The number of carbonyl (C=O) groups excluding carboxylic acids is 1. The Kier molecular flexibility index (Phi) is 11.4. The number of hydrogen-bond donors (Lipinski definition) is 0. The van der Waals surface area contributed by atoms with Crippen molar-refractivity contribution in [2.75, 3.05) is 34.7 Å². The molecule has 2 aliphatic heterocycles. The highest BCUT2D eigenvalue weighted by Gasteiger charge is 2.55. The summed E-state index contributed by atoms with van der Waals surface area (Å²) in [5.41, 5.74) is 0.275. The highest BCUT2D eigenvalue weighted by molar-refractivity contribution is 6.44. The highest BCUT2D eigenvalue weighted by Crippen LogP contribution is 2.40. The topological polar surface area (TPSA) is 90.9 Å². The Balaban J connectivity index is 1.65. The van der Waals surface area contributed by atoms with Crippen molar-refractivity contribution < 1.29 is 42.5 Å². The van der Waals surface area contributed by atoms with Crippen molar-refractivity contribution in [2.24, 2.45) is 17.3 Å². The van der Waals surface area contributed by atoms with Gasteiger partial charge in [-0.2, -0.15) is 0 Å². The third-order valence-corrected chi connectivity index (χ3v) is 7.72. The Hall–Kier alpha value is -1.69. The molecule has 0 amide bonds. The molecule has 7 atom stereocenters. The summed E-state index contributed by atoms with van der Waals surface area (Å²) in [5.74, 6) is 0.729. The van der Waals surface area contributed by atoms with E-state index in [4.69, 9.17) is 37.7 Å². The standard InChI is InChI=1S/C28H45BO9/c1-9-29-37-22(14-23(33-8)25-26(35-17-31-6)28(4,5)27(30)36-25)19(3)24(38-29)18(2)15-34-16-20-10-12-21(32-7)13-11-20/h10-13,18-19,22-26H,9,14-17H2,1-8H3/t18-,19?,22?,23+,24?,25-,26+/m1/s1. The highest BCUT2D eigenvalue weighted by atomic mass is 16.7. The van der Waals surface area contributed by atoms with E-state index < -0.39 is 23.7 Å². The van der Waals surface area contributed by atoms with Gasteiger partial charge in [0.25, 0.3) is 0 Å². The number of esters is 1. The van der Waals surface area contributed by atoms with E-state index in [2.05, 4.69) is 13.8 Å². The van der Waals surface area contributed by atoms with Gasteiger partial charge in [0.2, 0.25) is 0 Å². The van der Waals surface area contributed by atoms with Crippen molar-refractivity contribution in [2.45, 2.75) is 84.5 Å². The van der Waals surface area contributed by atoms with E-state index in [1.54, 1.807) is 21.3 Å². The molecule has 0 aliphatic carbocycles. The first-order valence-corrected chi connectivity index (χ1v) is 13.5. The Morgan fingerprint density at radius 1 is 1.08 bits per heavy atom. The molecule has 9 nitrogen and oxygen atoms in total. The first-order chi connectivity index (χ1) is 18.2. The average Bonchev–Trinajstić information content (AvgIpc) is 3.14. The number of carbonyl (C=O) groups is 1. The van der Waals surface area contributed by atoms with E-state index >= 15 is 0 Å². The minimum atomic E-state index is -0.813. The van der Waals surface area contributed by atoms with Crippen LogP contribution in [0.1, 0.15) is 46.6 Å². The summed E-state index contributed by atoms with van der Waals surface area (Å²) >= 11 is 0. The van der Waals surface area contributed by atoms with Crippen molar-refractivity contribution in [3.05, 3.63) is 29.8 Å². The van der Waals surface area contributed by atoms with Crippen LogP contribution in [0.2, 0.25) is 6.32 Å². The van der Waals surface area contributed by atoms with Gasteiger partial charge in [0, 0.05) is 32.5 Å². The van der Waals surface area contributed by atoms with Gasteiger partial charge in [0.05, 0.1) is 44.1 Å². The Bertz CT molecular complexity index is 864. The third kappa shape index (κ3) is 7.28. The van der Waals surface area contributed by atoms with Crippen molar-refractivity contribution >= 4 is 13.1 Å². The minimum Gasteiger partial charge on any atom is -0.497 e. The fraction of sp³-hybridized carbons (Fsp3) is 0.750. The lowest BCUT2D eigenvalue weighted by atomic mass is 9.76.